The van der Waals surface area contributed by atoms with E-state index in [1.807, 2.05) is 0 Å². The minimum atomic E-state index is -0.710. The van der Waals surface area contributed by atoms with Crippen LogP contribution in [-0.4, -0.2) is 11.1 Å². The Kier molecular flexibility index (Phi) is 1.62. The zero-order valence-corrected chi connectivity index (χ0v) is 6.39. The monoisotopic (exact) mass is 190 g/mol. The molecule has 0 unspecified atom stereocenters. The first-order chi connectivity index (χ1) is 4.21. The molecule has 1 saturated carbocycles. The second-order valence-corrected chi connectivity index (χ2v) is 2.78. The fraction of sp³-hybridized carbons (Fsp3) is 0.500. The van der Waals surface area contributed by atoms with Crippen molar-refractivity contribution in [2.24, 2.45) is 5.41 Å². The third-order valence-electron chi connectivity index (χ3n) is 1.60. The molecule has 0 spiro atoms. The van der Waals surface area contributed by atoms with Gasteiger partial charge in [0.25, 0.3) is 0 Å². The Morgan fingerprint density at radius 2 is 2.22 bits per heavy atom. The molecule has 0 radical (unpaired) electrons. The maximum absolute atomic E-state index is 10.4. The van der Waals surface area contributed by atoms with Crippen LogP contribution in [0.3, 0.4) is 0 Å². The molecule has 1 N–H and O–H groups in total. The number of hydrogen-bond donors (Lipinski definition) is 1. The van der Waals surface area contributed by atoms with Crippen molar-refractivity contribution in [2.45, 2.75) is 12.8 Å². The van der Waals surface area contributed by atoms with E-state index in [4.69, 9.17) is 5.11 Å². The minimum absolute atomic E-state index is 0.510. The van der Waals surface area contributed by atoms with Crippen molar-refractivity contribution in [3.63, 3.8) is 0 Å². The highest BCUT2D eigenvalue weighted by molar-refractivity contribution is 9.11. The smallest absolute Gasteiger partial charge is 0.313 e. The van der Waals surface area contributed by atoms with Gasteiger partial charge in [0.15, 0.2) is 0 Å². The molecule has 50 valence electrons. The molecule has 0 aromatic rings. The molecule has 0 aromatic carbocycles. The number of rotatable bonds is 2. The second kappa shape index (κ2) is 2.14. The Labute approximate surface area is 61.7 Å². The molecule has 3 heteroatoms. The van der Waals surface area contributed by atoms with Crippen LogP contribution < -0.4 is 0 Å². The Balaban J connectivity index is 2.63. The predicted molar refractivity (Wildman–Crippen MR) is 37.4 cm³/mol. The average molecular weight is 191 g/mol. The number of carbonyl (C=O) groups is 1. The van der Waals surface area contributed by atoms with E-state index in [1.54, 1.807) is 11.1 Å². The molecule has 0 bridgehead atoms. The Morgan fingerprint density at radius 3 is 2.33 bits per heavy atom. The van der Waals surface area contributed by atoms with Crippen molar-refractivity contribution >= 4 is 21.9 Å². The van der Waals surface area contributed by atoms with Crippen molar-refractivity contribution in [2.75, 3.05) is 0 Å². The van der Waals surface area contributed by atoms with Gasteiger partial charge in [0.2, 0.25) is 0 Å². The minimum Gasteiger partial charge on any atom is -0.481 e. The summed E-state index contributed by atoms with van der Waals surface area (Å²) in [7, 11) is 0. The van der Waals surface area contributed by atoms with Gasteiger partial charge in [-0.05, 0) is 17.8 Å². The fourth-order valence-corrected chi connectivity index (χ4v) is 1.21. The fourth-order valence-electron chi connectivity index (χ4n) is 0.707. The highest BCUT2D eigenvalue weighted by atomic mass is 79.9. The molecule has 1 aliphatic rings. The van der Waals surface area contributed by atoms with Crippen LogP contribution in [0.2, 0.25) is 0 Å². The number of hydrogen-bond acceptors (Lipinski definition) is 1. The van der Waals surface area contributed by atoms with Crippen LogP contribution in [0.5, 0.6) is 0 Å². The molecule has 2 nitrogen and oxygen atoms in total. The van der Waals surface area contributed by atoms with E-state index < -0.39 is 11.4 Å². The van der Waals surface area contributed by atoms with Crippen LogP contribution in [0.25, 0.3) is 0 Å². The van der Waals surface area contributed by atoms with E-state index in [-0.39, 0.29) is 0 Å². The maximum Gasteiger partial charge on any atom is 0.313 e. The predicted octanol–water partition coefficient (Wildman–Crippen LogP) is 1.76. The van der Waals surface area contributed by atoms with Gasteiger partial charge in [0.05, 0.1) is 5.41 Å². The van der Waals surface area contributed by atoms with Gasteiger partial charge < -0.3 is 5.11 Å². The quantitative estimate of drug-likeness (QED) is 0.721. The van der Waals surface area contributed by atoms with Crippen molar-refractivity contribution in [3.8, 4) is 0 Å². The van der Waals surface area contributed by atoms with Gasteiger partial charge in [-0.2, -0.15) is 0 Å². The van der Waals surface area contributed by atoms with Gasteiger partial charge in [0, 0.05) is 0 Å². The number of halogens is 1. The van der Waals surface area contributed by atoms with Crippen molar-refractivity contribution in [1.82, 2.24) is 0 Å². The van der Waals surface area contributed by atoms with Crippen LogP contribution in [0, 0.1) is 5.41 Å². The van der Waals surface area contributed by atoms with Crippen LogP contribution in [0.15, 0.2) is 11.1 Å². The lowest BCUT2D eigenvalue weighted by molar-refractivity contribution is -0.141. The van der Waals surface area contributed by atoms with Gasteiger partial charge in [-0.3, -0.25) is 4.79 Å². The maximum atomic E-state index is 10.4. The molecule has 1 rings (SSSR count). The molecule has 1 fully saturated rings. The summed E-state index contributed by atoms with van der Waals surface area (Å²) >= 11 is 3.05. The zero-order chi connectivity index (χ0) is 6.91. The number of carboxylic acids is 1. The highest BCUT2D eigenvalue weighted by Gasteiger charge is 2.47. The number of aliphatic carboxylic acids is 1. The molecular formula is C6H7BrO2. The summed E-state index contributed by atoms with van der Waals surface area (Å²) in [6.45, 7) is 0. The normalized spacial score (nSPS) is 22.3. The Hall–Kier alpha value is -0.310. The summed E-state index contributed by atoms with van der Waals surface area (Å²) in [4.78, 5) is 12.0. The molecule has 0 amide bonds. The van der Waals surface area contributed by atoms with Gasteiger partial charge in [0.1, 0.15) is 0 Å². The lowest BCUT2D eigenvalue weighted by Crippen LogP contribution is -2.10. The zero-order valence-electron chi connectivity index (χ0n) is 4.80. The number of carboxylic acid groups (broad SMARTS) is 1. The molecule has 0 saturated heterocycles. The molecule has 0 aliphatic heterocycles. The average Bonchev–Trinajstić information content (AvgIpc) is 2.49. The van der Waals surface area contributed by atoms with Crippen molar-refractivity contribution in [3.05, 3.63) is 11.1 Å². The van der Waals surface area contributed by atoms with Crippen LogP contribution in [0.4, 0.5) is 0 Å². The van der Waals surface area contributed by atoms with Crippen LogP contribution in [-0.2, 0) is 4.79 Å². The van der Waals surface area contributed by atoms with E-state index in [9.17, 15) is 4.79 Å². The van der Waals surface area contributed by atoms with Crippen molar-refractivity contribution < 1.29 is 9.90 Å². The Morgan fingerprint density at radius 1 is 1.67 bits per heavy atom. The first-order valence-corrected chi connectivity index (χ1v) is 3.64. The van der Waals surface area contributed by atoms with Gasteiger partial charge in [-0.1, -0.05) is 22.0 Å². The SMILES string of the molecule is O=C(O)C1(C=CBr)CC1. The largest absolute Gasteiger partial charge is 0.481 e. The van der Waals surface area contributed by atoms with E-state index in [1.165, 1.54) is 0 Å². The lowest BCUT2D eigenvalue weighted by Gasteiger charge is -1.98. The summed E-state index contributed by atoms with van der Waals surface area (Å²) in [6, 6.07) is 0. The first kappa shape index (κ1) is 6.81. The third kappa shape index (κ3) is 1.15. The summed E-state index contributed by atoms with van der Waals surface area (Å²) in [5.74, 6) is -0.710. The van der Waals surface area contributed by atoms with Crippen LogP contribution in [0.1, 0.15) is 12.8 Å². The van der Waals surface area contributed by atoms with Gasteiger partial charge >= 0.3 is 5.97 Å². The van der Waals surface area contributed by atoms with Crippen LogP contribution >= 0.6 is 15.9 Å². The molecular weight excluding hydrogens is 184 g/mol. The van der Waals surface area contributed by atoms with E-state index in [0.29, 0.717) is 0 Å². The molecule has 0 heterocycles. The highest BCUT2D eigenvalue weighted by Crippen LogP contribution is 2.47. The Bertz CT molecular complexity index is 158. The van der Waals surface area contributed by atoms with E-state index >= 15 is 0 Å². The van der Waals surface area contributed by atoms with E-state index in [0.717, 1.165) is 12.8 Å². The summed E-state index contributed by atoms with van der Waals surface area (Å²) in [6.07, 6.45) is 3.25. The lowest BCUT2D eigenvalue weighted by atomic mass is 10.1. The molecule has 0 aromatic heterocycles. The molecule has 0 atom stereocenters. The summed E-state index contributed by atoms with van der Waals surface area (Å²) < 4.78 is 0. The summed E-state index contributed by atoms with van der Waals surface area (Å²) in [5, 5.41) is 8.56. The second-order valence-electron chi connectivity index (χ2n) is 2.25. The topological polar surface area (TPSA) is 37.3 Å². The van der Waals surface area contributed by atoms with Gasteiger partial charge in [-0.15, -0.1) is 0 Å². The third-order valence-corrected chi connectivity index (χ3v) is 1.86. The summed E-state index contributed by atoms with van der Waals surface area (Å²) in [5.41, 5.74) is -0.510. The molecule has 9 heavy (non-hydrogen) atoms. The standard InChI is InChI=1S/C6H7BrO2/c7-4-3-6(1-2-6)5(8)9/h3-4H,1-2H2,(H,8,9). The van der Waals surface area contributed by atoms with Gasteiger partial charge in [-0.25, -0.2) is 0 Å². The molecule has 1 aliphatic carbocycles. The van der Waals surface area contributed by atoms with E-state index in [2.05, 4.69) is 15.9 Å². The first-order valence-electron chi connectivity index (χ1n) is 2.73. The van der Waals surface area contributed by atoms with Crippen molar-refractivity contribution in [1.29, 1.82) is 0 Å².